The maximum absolute atomic E-state index is 3.64. The van der Waals surface area contributed by atoms with Crippen LogP contribution in [0.15, 0.2) is 18.5 Å². The van der Waals surface area contributed by atoms with Crippen LogP contribution in [0.2, 0.25) is 0 Å². The van der Waals surface area contributed by atoms with Gasteiger partial charge in [-0.25, -0.2) is 0 Å². The first kappa shape index (κ1) is 9.78. The van der Waals surface area contributed by atoms with Crippen molar-refractivity contribution in [2.45, 2.75) is 51.7 Å². The summed E-state index contributed by atoms with van der Waals surface area (Å²) in [6.45, 7) is 6.58. The maximum atomic E-state index is 3.64. The van der Waals surface area contributed by atoms with Crippen molar-refractivity contribution in [3.8, 4) is 0 Å². The van der Waals surface area contributed by atoms with Gasteiger partial charge in [0.15, 0.2) is 0 Å². The van der Waals surface area contributed by atoms with E-state index in [1.54, 1.807) is 0 Å². The molecule has 0 aromatic carbocycles. The van der Waals surface area contributed by atoms with Crippen LogP contribution in [0.4, 0.5) is 0 Å². The average molecular weight is 192 g/mol. The zero-order valence-electron chi connectivity index (χ0n) is 9.21. The quantitative estimate of drug-likeness (QED) is 0.775. The SMILES string of the molecule is CCn1ccc(CNC2(C)CCC2)c1. The highest BCUT2D eigenvalue weighted by molar-refractivity contribution is 5.11. The third-order valence-corrected chi connectivity index (χ3v) is 3.35. The van der Waals surface area contributed by atoms with Crippen molar-refractivity contribution in [3.05, 3.63) is 24.0 Å². The molecule has 0 atom stereocenters. The lowest BCUT2D eigenvalue weighted by Crippen LogP contribution is -2.47. The van der Waals surface area contributed by atoms with E-state index in [9.17, 15) is 0 Å². The fraction of sp³-hybridized carbons (Fsp3) is 0.667. The molecule has 1 aromatic rings. The molecular formula is C12H20N2. The molecule has 0 amide bonds. The second-order valence-electron chi connectivity index (χ2n) is 4.62. The van der Waals surface area contributed by atoms with E-state index in [1.165, 1.54) is 24.8 Å². The molecule has 0 aliphatic heterocycles. The summed E-state index contributed by atoms with van der Waals surface area (Å²) in [5.74, 6) is 0. The summed E-state index contributed by atoms with van der Waals surface area (Å²) in [4.78, 5) is 0. The highest BCUT2D eigenvalue weighted by Crippen LogP contribution is 2.31. The van der Waals surface area contributed by atoms with Crippen molar-refractivity contribution in [1.82, 2.24) is 9.88 Å². The van der Waals surface area contributed by atoms with Crippen LogP contribution in [0.5, 0.6) is 0 Å². The summed E-state index contributed by atoms with van der Waals surface area (Å²) in [7, 11) is 0. The van der Waals surface area contributed by atoms with Crippen molar-refractivity contribution in [1.29, 1.82) is 0 Å². The Labute approximate surface area is 86.3 Å². The standard InChI is InChI=1S/C12H20N2/c1-3-14-8-5-11(10-14)9-13-12(2)6-4-7-12/h5,8,10,13H,3-4,6-7,9H2,1-2H3. The zero-order chi connectivity index (χ0) is 10.0. The number of hydrogen-bond acceptors (Lipinski definition) is 1. The molecule has 1 N–H and O–H groups in total. The predicted molar refractivity (Wildman–Crippen MR) is 59.2 cm³/mol. The first-order valence-corrected chi connectivity index (χ1v) is 5.61. The molecule has 1 fully saturated rings. The molecule has 0 bridgehead atoms. The van der Waals surface area contributed by atoms with Gasteiger partial charge in [0.05, 0.1) is 0 Å². The van der Waals surface area contributed by atoms with Crippen LogP contribution in [0.1, 0.15) is 38.7 Å². The van der Waals surface area contributed by atoms with Crippen LogP contribution in [0.25, 0.3) is 0 Å². The minimum Gasteiger partial charge on any atom is -0.354 e. The Balaban J connectivity index is 1.85. The van der Waals surface area contributed by atoms with Gasteiger partial charge >= 0.3 is 0 Å². The molecular weight excluding hydrogens is 172 g/mol. The van der Waals surface area contributed by atoms with Crippen molar-refractivity contribution in [2.75, 3.05) is 0 Å². The van der Waals surface area contributed by atoms with Gasteiger partial charge in [-0.3, -0.25) is 0 Å². The Morgan fingerprint density at radius 2 is 2.29 bits per heavy atom. The second kappa shape index (κ2) is 3.77. The fourth-order valence-corrected chi connectivity index (χ4v) is 1.99. The van der Waals surface area contributed by atoms with E-state index in [0.717, 1.165) is 13.1 Å². The van der Waals surface area contributed by atoms with Crippen molar-refractivity contribution in [3.63, 3.8) is 0 Å². The third-order valence-electron chi connectivity index (χ3n) is 3.35. The first-order chi connectivity index (χ1) is 6.72. The molecule has 0 unspecified atom stereocenters. The van der Waals surface area contributed by atoms with E-state index in [4.69, 9.17) is 0 Å². The number of aromatic nitrogens is 1. The summed E-state index contributed by atoms with van der Waals surface area (Å²) in [6.07, 6.45) is 8.44. The summed E-state index contributed by atoms with van der Waals surface area (Å²) in [5.41, 5.74) is 1.83. The largest absolute Gasteiger partial charge is 0.354 e. The summed E-state index contributed by atoms with van der Waals surface area (Å²) in [5, 5.41) is 3.64. The fourth-order valence-electron chi connectivity index (χ4n) is 1.99. The number of nitrogens with zero attached hydrogens (tertiary/aromatic N) is 1. The number of rotatable bonds is 4. The molecule has 1 aliphatic rings. The number of nitrogens with one attached hydrogen (secondary N) is 1. The summed E-state index contributed by atoms with van der Waals surface area (Å²) in [6, 6.07) is 2.21. The summed E-state index contributed by atoms with van der Waals surface area (Å²) >= 11 is 0. The first-order valence-electron chi connectivity index (χ1n) is 5.61. The molecule has 2 heteroatoms. The van der Waals surface area contributed by atoms with Crippen LogP contribution < -0.4 is 5.32 Å². The van der Waals surface area contributed by atoms with Gasteiger partial charge in [0.1, 0.15) is 0 Å². The molecule has 1 saturated carbocycles. The monoisotopic (exact) mass is 192 g/mol. The van der Waals surface area contributed by atoms with E-state index < -0.39 is 0 Å². The van der Waals surface area contributed by atoms with Crippen LogP contribution in [0.3, 0.4) is 0 Å². The topological polar surface area (TPSA) is 17.0 Å². The third kappa shape index (κ3) is 2.01. The normalized spacial score (nSPS) is 19.3. The van der Waals surface area contributed by atoms with Gasteiger partial charge in [0.2, 0.25) is 0 Å². The molecule has 14 heavy (non-hydrogen) atoms. The number of hydrogen-bond donors (Lipinski definition) is 1. The molecule has 78 valence electrons. The molecule has 1 heterocycles. The second-order valence-corrected chi connectivity index (χ2v) is 4.62. The Morgan fingerprint density at radius 3 is 2.79 bits per heavy atom. The van der Waals surface area contributed by atoms with Gasteiger partial charge < -0.3 is 9.88 Å². The van der Waals surface area contributed by atoms with Crippen LogP contribution in [-0.2, 0) is 13.1 Å². The lowest BCUT2D eigenvalue weighted by atomic mass is 9.78. The lowest BCUT2D eigenvalue weighted by molar-refractivity contribution is 0.207. The van der Waals surface area contributed by atoms with Gasteiger partial charge in [-0.2, -0.15) is 0 Å². The predicted octanol–water partition coefficient (Wildman–Crippen LogP) is 2.54. The van der Waals surface area contributed by atoms with E-state index in [1.807, 2.05) is 0 Å². The highest BCUT2D eigenvalue weighted by Gasteiger charge is 2.30. The molecule has 0 radical (unpaired) electrons. The van der Waals surface area contributed by atoms with Crippen molar-refractivity contribution < 1.29 is 0 Å². The van der Waals surface area contributed by atoms with Gasteiger partial charge in [-0.05, 0) is 44.7 Å². The van der Waals surface area contributed by atoms with E-state index in [2.05, 4.69) is 42.2 Å². The van der Waals surface area contributed by atoms with Gasteiger partial charge in [0, 0.05) is 31.0 Å². The minimum absolute atomic E-state index is 0.425. The molecule has 1 aliphatic carbocycles. The Bertz CT molecular complexity index is 297. The van der Waals surface area contributed by atoms with Gasteiger partial charge in [-0.15, -0.1) is 0 Å². The van der Waals surface area contributed by atoms with E-state index in [0.29, 0.717) is 5.54 Å². The Hall–Kier alpha value is -0.760. The molecule has 1 aromatic heterocycles. The van der Waals surface area contributed by atoms with Gasteiger partial charge in [-0.1, -0.05) is 0 Å². The Morgan fingerprint density at radius 1 is 1.50 bits per heavy atom. The molecule has 2 nitrogen and oxygen atoms in total. The van der Waals surface area contributed by atoms with Crippen LogP contribution >= 0.6 is 0 Å². The highest BCUT2D eigenvalue weighted by atomic mass is 15.0. The van der Waals surface area contributed by atoms with Crippen LogP contribution in [-0.4, -0.2) is 10.1 Å². The van der Waals surface area contributed by atoms with Crippen LogP contribution in [0, 0.1) is 0 Å². The maximum Gasteiger partial charge on any atom is 0.0225 e. The van der Waals surface area contributed by atoms with E-state index >= 15 is 0 Å². The smallest absolute Gasteiger partial charge is 0.0225 e. The molecule has 0 saturated heterocycles. The average Bonchev–Trinajstić information content (AvgIpc) is 2.59. The van der Waals surface area contributed by atoms with Crippen molar-refractivity contribution >= 4 is 0 Å². The Kier molecular flexibility index (Phi) is 2.64. The van der Waals surface area contributed by atoms with E-state index in [-0.39, 0.29) is 0 Å². The summed E-state index contributed by atoms with van der Waals surface area (Å²) < 4.78 is 2.22. The zero-order valence-corrected chi connectivity index (χ0v) is 9.21. The lowest BCUT2D eigenvalue weighted by Gasteiger charge is -2.39. The van der Waals surface area contributed by atoms with Gasteiger partial charge in [0.25, 0.3) is 0 Å². The van der Waals surface area contributed by atoms with Crippen molar-refractivity contribution in [2.24, 2.45) is 0 Å². The minimum atomic E-state index is 0.425. The number of aryl methyl sites for hydroxylation is 1. The molecule has 0 spiro atoms. The molecule has 2 rings (SSSR count).